The van der Waals surface area contributed by atoms with Gasteiger partial charge in [-0.25, -0.2) is 13.4 Å². The van der Waals surface area contributed by atoms with Crippen molar-refractivity contribution in [2.45, 2.75) is 36.1 Å². The van der Waals surface area contributed by atoms with Crippen LogP contribution >= 0.6 is 11.6 Å². The third kappa shape index (κ3) is 3.46. The van der Waals surface area contributed by atoms with Crippen LogP contribution in [0.2, 0.25) is 5.02 Å². The van der Waals surface area contributed by atoms with Crippen LogP contribution in [0.5, 0.6) is 0 Å². The van der Waals surface area contributed by atoms with E-state index in [0.29, 0.717) is 5.02 Å². The summed E-state index contributed by atoms with van der Waals surface area (Å²) in [5.74, 6) is -0.0690. The molecule has 0 spiro atoms. The monoisotopic (exact) mass is 388 g/mol. The Balaban J connectivity index is 1.89. The summed E-state index contributed by atoms with van der Waals surface area (Å²) in [6, 6.07) is 15.0. The second-order valence-corrected chi connectivity index (χ2v) is 8.63. The van der Waals surface area contributed by atoms with Crippen LogP contribution in [0.25, 0.3) is 0 Å². The molecule has 1 unspecified atom stereocenters. The van der Waals surface area contributed by atoms with E-state index in [9.17, 15) is 13.7 Å². The second kappa shape index (κ2) is 7.10. The maximum absolute atomic E-state index is 12.9. The summed E-state index contributed by atoms with van der Waals surface area (Å²) in [5.41, 5.74) is 1.76. The van der Waals surface area contributed by atoms with Gasteiger partial charge in [-0.3, -0.25) is 0 Å². The van der Waals surface area contributed by atoms with Crippen molar-refractivity contribution in [2.75, 3.05) is 0 Å². The molecule has 2 aromatic rings. The fourth-order valence-corrected chi connectivity index (χ4v) is 4.21. The third-order valence-corrected chi connectivity index (χ3v) is 6.33. The number of sulfone groups is 1. The van der Waals surface area contributed by atoms with Gasteiger partial charge in [-0.05, 0) is 43.7 Å². The van der Waals surface area contributed by atoms with Crippen LogP contribution in [0.4, 0.5) is 0 Å². The highest BCUT2D eigenvalue weighted by atomic mass is 35.5. The molecule has 0 bridgehead atoms. The van der Waals surface area contributed by atoms with E-state index < -0.39 is 21.2 Å². The van der Waals surface area contributed by atoms with Gasteiger partial charge in [-0.15, -0.1) is 0 Å². The average molecular weight is 389 g/mol. The molecule has 0 aliphatic carbocycles. The highest BCUT2D eigenvalue weighted by molar-refractivity contribution is 7.93. The Morgan fingerprint density at radius 3 is 2.35 bits per heavy atom. The Hall–Kier alpha value is -2.36. The van der Waals surface area contributed by atoms with Gasteiger partial charge in [0.1, 0.15) is 6.10 Å². The number of halogens is 1. The zero-order valence-corrected chi connectivity index (χ0v) is 15.8. The summed E-state index contributed by atoms with van der Waals surface area (Å²) in [6.45, 7) is 3.68. The van der Waals surface area contributed by atoms with E-state index in [1.54, 1.807) is 36.4 Å². The summed E-state index contributed by atoms with van der Waals surface area (Å²) in [7, 11) is -3.93. The first-order valence-electron chi connectivity index (χ1n) is 8.03. The fourth-order valence-electron chi connectivity index (χ4n) is 2.78. The molecule has 0 amide bonds. The number of rotatable bonds is 4. The minimum absolute atomic E-state index is 0.0690. The standard InChI is InChI=1S/C19H17ClN2O3S/c1-12-3-9-16(10-4-12)26(23,24)17(11-21)19-22-13(2)18(25-19)14-5-7-15(20)8-6-14/h3-10,13,17-18H,1-2H3/t13-,17?,18-/m1/s1. The predicted octanol–water partition coefficient (Wildman–Crippen LogP) is 3.87. The van der Waals surface area contributed by atoms with E-state index in [-0.39, 0.29) is 16.8 Å². The molecule has 3 rings (SSSR count). The molecule has 0 aromatic heterocycles. The lowest BCUT2D eigenvalue weighted by Gasteiger charge is -2.17. The van der Waals surface area contributed by atoms with Crippen LogP contribution < -0.4 is 0 Å². The highest BCUT2D eigenvalue weighted by Crippen LogP contribution is 2.32. The molecule has 1 heterocycles. The zero-order chi connectivity index (χ0) is 18.9. The van der Waals surface area contributed by atoms with Crippen LogP contribution in [-0.2, 0) is 14.6 Å². The second-order valence-electron chi connectivity index (χ2n) is 6.17. The van der Waals surface area contributed by atoms with Crippen molar-refractivity contribution in [2.24, 2.45) is 4.99 Å². The maximum Gasteiger partial charge on any atom is 0.227 e. The van der Waals surface area contributed by atoms with Crippen LogP contribution in [0, 0.1) is 18.3 Å². The normalized spacial score (nSPS) is 20.8. The summed E-state index contributed by atoms with van der Waals surface area (Å²) in [6.07, 6.45) is -0.452. The Morgan fingerprint density at radius 2 is 1.77 bits per heavy atom. The molecular formula is C19H17ClN2O3S. The van der Waals surface area contributed by atoms with Crippen LogP contribution in [-0.4, -0.2) is 25.6 Å². The van der Waals surface area contributed by atoms with Gasteiger partial charge in [-0.2, -0.15) is 5.26 Å². The highest BCUT2D eigenvalue weighted by Gasteiger charge is 2.40. The van der Waals surface area contributed by atoms with Crippen LogP contribution in [0.3, 0.4) is 0 Å². The molecule has 0 fully saturated rings. The Labute approximate surface area is 157 Å². The molecule has 0 N–H and O–H groups in total. The number of aryl methyl sites for hydroxylation is 1. The summed E-state index contributed by atoms with van der Waals surface area (Å²) < 4.78 is 31.5. The lowest BCUT2D eigenvalue weighted by Crippen LogP contribution is -2.29. The van der Waals surface area contributed by atoms with Crippen LogP contribution in [0.1, 0.15) is 24.2 Å². The molecule has 134 valence electrons. The zero-order valence-electron chi connectivity index (χ0n) is 14.3. The number of ether oxygens (including phenoxy) is 1. The maximum atomic E-state index is 12.9. The third-order valence-electron chi connectivity index (χ3n) is 4.22. The number of benzene rings is 2. The quantitative estimate of drug-likeness (QED) is 0.796. The van der Waals surface area contributed by atoms with Gasteiger partial charge in [0.25, 0.3) is 0 Å². The number of nitrogens with zero attached hydrogens (tertiary/aromatic N) is 2. The number of aliphatic imine (C=N–C) groups is 1. The molecule has 2 aromatic carbocycles. The van der Waals surface area contributed by atoms with Gasteiger partial charge in [0.15, 0.2) is 0 Å². The van der Waals surface area contributed by atoms with E-state index in [2.05, 4.69) is 4.99 Å². The molecule has 0 radical (unpaired) electrons. The topological polar surface area (TPSA) is 79.5 Å². The van der Waals surface area contributed by atoms with Crippen molar-refractivity contribution >= 4 is 27.3 Å². The molecule has 1 aliphatic heterocycles. The minimum Gasteiger partial charge on any atom is -0.469 e. The molecule has 0 saturated heterocycles. The van der Waals surface area contributed by atoms with Crippen molar-refractivity contribution in [3.63, 3.8) is 0 Å². The molecule has 7 heteroatoms. The molecule has 26 heavy (non-hydrogen) atoms. The van der Waals surface area contributed by atoms with E-state index >= 15 is 0 Å². The van der Waals surface area contributed by atoms with E-state index in [4.69, 9.17) is 16.3 Å². The van der Waals surface area contributed by atoms with Gasteiger partial charge in [0, 0.05) is 5.02 Å². The number of hydrogen-bond acceptors (Lipinski definition) is 5. The first-order valence-corrected chi connectivity index (χ1v) is 9.95. The summed E-state index contributed by atoms with van der Waals surface area (Å²) in [4.78, 5) is 4.38. The number of hydrogen-bond donors (Lipinski definition) is 0. The smallest absolute Gasteiger partial charge is 0.227 e. The van der Waals surface area contributed by atoms with Crippen molar-refractivity contribution in [1.29, 1.82) is 5.26 Å². The first kappa shape index (κ1) is 18.4. The molecule has 5 nitrogen and oxygen atoms in total. The SMILES string of the molecule is Cc1ccc(S(=O)(=O)C(C#N)C2=N[C@H](C)[C@H](c3ccc(Cl)cc3)O2)cc1. The van der Waals surface area contributed by atoms with Gasteiger partial charge >= 0.3 is 0 Å². The van der Waals surface area contributed by atoms with Crippen molar-refractivity contribution in [3.8, 4) is 6.07 Å². The minimum atomic E-state index is -3.93. The van der Waals surface area contributed by atoms with Crippen molar-refractivity contribution in [3.05, 3.63) is 64.7 Å². The average Bonchev–Trinajstić information content (AvgIpc) is 2.97. The van der Waals surface area contributed by atoms with Crippen molar-refractivity contribution < 1.29 is 13.2 Å². The van der Waals surface area contributed by atoms with Gasteiger partial charge in [0.05, 0.1) is 17.0 Å². The number of nitriles is 1. The summed E-state index contributed by atoms with van der Waals surface area (Å²) >= 11 is 5.90. The summed E-state index contributed by atoms with van der Waals surface area (Å²) in [5, 5.41) is 8.62. The first-order chi connectivity index (χ1) is 12.3. The predicted molar refractivity (Wildman–Crippen MR) is 99.9 cm³/mol. The van der Waals surface area contributed by atoms with E-state index in [0.717, 1.165) is 11.1 Å². The molecular weight excluding hydrogens is 372 g/mol. The lowest BCUT2D eigenvalue weighted by atomic mass is 10.0. The van der Waals surface area contributed by atoms with Crippen LogP contribution in [0.15, 0.2) is 58.4 Å². The Bertz CT molecular complexity index is 977. The van der Waals surface area contributed by atoms with Gasteiger partial charge in [-0.1, -0.05) is 41.4 Å². The van der Waals surface area contributed by atoms with E-state index in [1.165, 1.54) is 12.1 Å². The van der Waals surface area contributed by atoms with Crippen molar-refractivity contribution in [1.82, 2.24) is 0 Å². The van der Waals surface area contributed by atoms with E-state index in [1.807, 2.05) is 19.9 Å². The Kier molecular flexibility index (Phi) is 5.03. The largest absolute Gasteiger partial charge is 0.469 e. The fraction of sp³-hybridized carbons (Fsp3) is 0.263. The Morgan fingerprint density at radius 1 is 1.15 bits per heavy atom. The molecule has 0 saturated carbocycles. The van der Waals surface area contributed by atoms with Gasteiger partial charge < -0.3 is 4.74 Å². The molecule has 1 aliphatic rings. The van der Waals surface area contributed by atoms with Gasteiger partial charge in [0.2, 0.25) is 21.0 Å². The molecule has 3 atom stereocenters. The lowest BCUT2D eigenvalue weighted by molar-refractivity contribution is 0.199.